The molecule has 1 aromatic heterocycles. The largest absolute Gasteiger partial charge is 0.392 e. The lowest BCUT2D eigenvalue weighted by molar-refractivity contribution is -0.180. The van der Waals surface area contributed by atoms with Crippen molar-refractivity contribution < 1.29 is 13.2 Å². The molecule has 3 aliphatic rings. The van der Waals surface area contributed by atoms with Gasteiger partial charge in [-0.1, -0.05) is 16.7 Å². The third kappa shape index (κ3) is 2.13. The highest BCUT2D eigenvalue weighted by atomic mass is 19.4. The number of rotatable bonds is 0. The molecule has 1 fully saturated rings. The standard InChI is InChI=1S/C17H19F3N2/c1-9-4-13(17(18,19)20)5-11-3-2-10-7-15-12(8-21-22-15)6-14(10)16(9)11/h7-8,11,13-14H,2-6H2,1H3,(H,21,22). The summed E-state index contributed by atoms with van der Waals surface area (Å²) in [6.07, 6.45) is 3.06. The maximum absolute atomic E-state index is 13.1. The predicted molar refractivity (Wildman–Crippen MR) is 78.0 cm³/mol. The average molecular weight is 308 g/mol. The molecule has 22 heavy (non-hydrogen) atoms. The number of nitrogens with zero attached hydrogens (tertiary/aromatic N) is 1. The van der Waals surface area contributed by atoms with Crippen LogP contribution in [0.5, 0.6) is 0 Å². The smallest absolute Gasteiger partial charge is 0.278 e. The highest BCUT2D eigenvalue weighted by Gasteiger charge is 2.46. The first-order chi connectivity index (χ1) is 10.4. The number of aromatic nitrogens is 2. The van der Waals surface area contributed by atoms with E-state index >= 15 is 0 Å². The topological polar surface area (TPSA) is 28.7 Å². The van der Waals surface area contributed by atoms with Crippen LogP contribution < -0.4 is 0 Å². The second kappa shape index (κ2) is 4.74. The minimum Gasteiger partial charge on any atom is -0.278 e. The number of fused-ring (bicyclic) bond motifs is 4. The van der Waals surface area contributed by atoms with Crippen LogP contribution >= 0.6 is 0 Å². The predicted octanol–water partition coefficient (Wildman–Crippen LogP) is 4.66. The fourth-order valence-electron chi connectivity index (χ4n) is 4.64. The molecule has 0 spiro atoms. The van der Waals surface area contributed by atoms with E-state index in [9.17, 15) is 13.2 Å². The van der Waals surface area contributed by atoms with Crippen LogP contribution in [0.25, 0.3) is 6.08 Å². The molecule has 118 valence electrons. The van der Waals surface area contributed by atoms with Gasteiger partial charge in [0.1, 0.15) is 0 Å². The summed E-state index contributed by atoms with van der Waals surface area (Å²) in [6.45, 7) is 1.91. The molecule has 0 saturated heterocycles. The summed E-state index contributed by atoms with van der Waals surface area (Å²) in [4.78, 5) is 0. The molecule has 3 atom stereocenters. The molecule has 3 aliphatic carbocycles. The van der Waals surface area contributed by atoms with Crippen molar-refractivity contribution in [2.45, 2.75) is 45.2 Å². The van der Waals surface area contributed by atoms with Crippen molar-refractivity contribution in [1.82, 2.24) is 10.2 Å². The Morgan fingerprint density at radius 3 is 2.86 bits per heavy atom. The summed E-state index contributed by atoms with van der Waals surface area (Å²) in [6, 6.07) is 0. The van der Waals surface area contributed by atoms with E-state index in [0.717, 1.165) is 30.5 Å². The molecular weight excluding hydrogens is 289 g/mol. The summed E-state index contributed by atoms with van der Waals surface area (Å²) in [5.41, 5.74) is 5.90. The zero-order chi connectivity index (χ0) is 15.5. The fraction of sp³-hybridized carbons (Fsp3) is 0.588. The number of hydrogen-bond donors (Lipinski definition) is 1. The monoisotopic (exact) mass is 308 g/mol. The first kappa shape index (κ1) is 14.1. The number of H-pyrrole nitrogens is 1. The molecule has 1 saturated carbocycles. The number of aromatic amines is 1. The summed E-state index contributed by atoms with van der Waals surface area (Å²) in [5, 5.41) is 7.10. The van der Waals surface area contributed by atoms with Crippen LogP contribution in [0.15, 0.2) is 22.9 Å². The highest BCUT2D eigenvalue weighted by molar-refractivity contribution is 5.59. The van der Waals surface area contributed by atoms with Crippen LogP contribution in [0.3, 0.4) is 0 Å². The van der Waals surface area contributed by atoms with Crippen LogP contribution in [0.2, 0.25) is 0 Å². The second-order valence-electron chi connectivity index (χ2n) is 6.93. The second-order valence-corrected chi connectivity index (χ2v) is 6.93. The van der Waals surface area contributed by atoms with Crippen molar-refractivity contribution >= 4 is 6.08 Å². The van der Waals surface area contributed by atoms with E-state index in [2.05, 4.69) is 16.3 Å². The van der Waals surface area contributed by atoms with Gasteiger partial charge in [-0.05, 0) is 56.6 Å². The van der Waals surface area contributed by atoms with Crippen LogP contribution in [-0.2, 0) is 6.42 Å². The summed E-state index contributed by atoms with van der Waals surface area (Å²) in [5.74, 6) is -0.742. The number of halogens is 3. The molecule has 0 aromatic carbocycles. The lowest BCUT2D eigenvalue weighted by Gasteiger charge is -2.43. The van der Waals surface area contributed by atoms with Crippen molar-refractivity contribution in [2.24, 2.45) is 17.8 Å². The molecule has 2 nitrogen and oxygen atoms in total. The van der Waals surface area contributed by atoms with Crippen molar-refractivity contribution in [3.8, 4) is 0 Å². The Hall–Kier alpha value is -1.52. The Labute approximate surface area is 127 Å². The first-order valence-electron chi connectivity index (χ1n) is 7.92. The lowest BCUT2D eigenvalue weighted by Crippen LogP contribution is -2.35. The molecule has 0 radical (unpaired) electrons. The van der Waals surface area contributed by atoms with Gasteiger partial charge in [-0.2, -0.15) is 18.3 Å². The molecule has 3 unspecified atom stereocenters. The number of alkyl halides is 3. The van der Waals surface area contributed by atoms with Gasteiger partial charge >= 0.3 is 6.18 Å². The molecule has 1 heterocycles. The molecule has 1 aromatic rings. The molecule has 0 aliphatic heterocycles. The summed E-state index contributed by atoms with van der Waals surface area (Å²) < 4.78 is 39.3. The van der Waals surface area contributed by atoms with E-state index < -0.39 is 12.1 Å². The Balaban J connectivity index is 1.70. The maximum Gasteiger partial charge on any atom is 0.392 e. The van der Waals surface area contributed by atoms with Crippen molar-refractivity contribution in [3.05, 3.63) is 34.2 Å². The molecule has 0 amide bonds. The Morgan fingerprint density at radius 1 is 1.27 bits per heavy atom. The fourth-order valence-corrected chi connectivity index (χ4v) is 4.64. The average Bonchev–Trinajstić information content (AvgIpc) is 2.90. The van der Waals surface area contributed by atoms with E-state index in [1.165, 1.54) is 16.7 Å². The van der Waals surface area contributed by atoms with E-state index in [1.807, 2.05) is 13.1 Å². The Bertz CT molecular complexity index is 666. The van der Waals surface area contributed by atoms with Gasteiger partial charge in [0.25, 0.3) is 0 Å². The summed E-state index contributed by atoms with van der Waals surface area (Å²) in [7, 11) is 0. The zero-order valence-electron chi connectivity index (χ0n) is 12.5. The van der Waals surface area contributed by atoms with E-state index in [0.29, 0.717) is 5.92 Å². The van der Waals surface area contributed by atoms with Gasteiger partial charge in [0, 0.05) is 5.92 Å². The van der Waals surface area contributed by atoms with Crippen molar-refractivity contribution in [3.63, 3.8) is 0 Å². The molecule has 4 rings (SSSR count). The molecule has 5 heteroatoms. The quantitative estimate of drug-likeness (QED) is 0.694. The Kier molecular flexibility index (Phi) is 3.03. The highest BCUT2D eigenvalue weighted by Crippen LogP contribution is 2.52. The van der Waals surface area contributed by atoms with Crippen LogP contribution in [0.1, 0.15) is 43.9 Å². The van der Waals surface area contributed by atoms with Crippen molar-refractivity contribution in [1.29, 1.82) is 0 Å². The lowest BCUT2D eigenvalue weighted by atomic mass is 9.62. The van der Waals surface area contributed by atoms with Gasteiger partial charge < -0.3 is 0 Å². The van der Waals surface area contributed by atoms with Crippen LogP contribution in [-0.4, -0.2) is 16.4 Å². The Morgan fingerprint density at radius 2 is 2.09 bits per heavy atom. The minimum atomic E-state index is -4.06. The summed E-state index contributed by atoms with van der Waals surface area (Å²) >= 11 is 0. The number of allylic oxidation sites excluding steroid dienone is 3. The molecule has 0 bridgehead atoms. The van der Waals surface area contributed by atoms with Gasteiger partial charge in [0.15, 0.2) is 0 Å². The third-order valence-corrected chi connectivity index (χ3v) is 5.63. The molecule has 1 N–H and O–H groups in total. The number of nitrogens with one attached hydrogen (secondary N) is 1. The van der Waals surface area contributed by atoms with Crippen LogP contribution in [0.4, 0.5) is 13.2 Å². The third-order valence-electron chi connectivity index (χ3n) is 5.63. The maximum atomic E-state index is 13.1. The van der Waals surface area contributed by atoms with E-state index in [1.54, 1.807) is 0 Å². The van der Waals surface area contributed by atoms with Gasteiger partial charge in [-0.25, -0.2) is 0 Å². The number of hydrogen-bond acceptors (Lipinski definition) is 1. The van der Waals surface area contributed by atoms with Gasteiger partial charge in [0.2, 0.25) is 0 Å². The van der Waals surface area contributed by atoms with Gasteiger partial charge in [-0.3, -0.25) is 5.10 Å². The van der Waals surface area contributed by atoms with Crippen LogP contribution in [0, 0.1) is 17.8 Å². The normalized spacial score (nSPS) is 31.3. The molecular formula is C17H19F3N2. The van der Waals surface area contributed by atoms with Gasteiger partial charge in [0.05, 0.1) is 17.8 Å². The van der Waals surface area contributed by atoms with E-state index in [4.69, 9.17) is 0 Å². The van der Waals surface area contributed by atoms with E-state index in [-0.39, 0.29) is 18.8 Å². The minimum absolute atomic E-state index is 0.107. The zero-order valence-corrected chi connectivity index (χ0v) is 12.5. The SMILES string of the molecule is CC1=C2C(CCC3=Cc4[nH]ncc4CC32)CC(C(F)(F)F)C1. The van der Waals surface area contributed by atoms with Crippen molar-refractivity contribution in [2.75, 3.05) is 0 Å². The first-order valence-corrected chi connectivity index (χ1v) is 7.92. The van der Waals surface area contributed by atoms with Gasteiger partial charge in [-0.15, -0.1) is 0 Å².